The van der Waals surface area contributed by atoms with Gasteiger partial charge in [0.1, 0.15) is 12.4 Å². The average molecular weight is 524 g/mol. The molecule has 2 aliphatic heterocycles. The highest BCUT2D eigenvalue weighted by molar-refractivity contribution is 7.89. The Morgan fingerprint density at radius 1 is 1.00 bits per heavy atom. The number of carbonyl (C=O) groups excluding carboxylic acids is 1. The molecule has 4 heterocycles. The second kappa shape index (κ2) is 10.1. The summed E-state index contributed by atoms with van der Waals surface area (Å²) in [7, 11) is -3.68. The van der Waals surface area contributed by atoms with Gasteiger partial charge in [0.15, 0.2) is 5.75 Å². The number of aromatic nitrogens is 3. The Morgan fingerprint density at radius 2 is 1.68 bits per heavy atom. The van der Waals surface area contributed by atoms with Crippen LogP contribution in [0.4, 0.5) is 5.69 Å². The minimum atomic E-state index is -3.68. The van der Waals surface area contributed by atoms with Crippen molar-refractivity contribution in [3.05, 3.63) is 60.2 Å². The minimum absolute atomic E-state index is 0.153. The van der Waals surface area contributed by atoms with Gasteiger partial charge in [-0.25, -0.2) is 18.4 Å². The largest absolute Gasteiger partial charge is 0.474 e. The monoisotopic (exact) mass is 523 g/mol. The molecule has 2 aliphatic rings. The van der Waals surface area contributed by atoms with E-state index in [2.05, 4.69) is 20.3 Å². The lowest BCUT2D eigenvalue weighted by atomic mass is 10.0. The molecule has 3 aromatic rings. The van der Waals surface area contributed by atoms with Crippen molar-refractivity contribution in [3.8, 4) is 17.5 Å². The number of nitrogens with zero attached hydrogens (tertiary/aromatic N) is 4. The molecule has 10 nitrogen and oxygen atoms in total. The molecule has 1 amide bonds. The second-order valence-electron chi connectivity index (χ2n) is 9.43. The van der Waals surface area contributed by atoms with Crippen molar-refractivity contribution in [1.29, 1.82) is 0 Å². The van der Waals surface area contributed by atoms with Crippen LogP contribution in [0, 0.1) is 13.8 Å². The minimum Gasteiger partial charge on any atom is -0.474 e. The second-order valence-corrected chi connectivity index (χ2v) is 11.3. The van der Waals surface area contributed by atoms with Crippen molar-refractivity contribution < 1.29 is 22.7 Å². The zero-order valence-electron chi connectivity index (χ0n) is 20.9. The van der Waals surface area contributed by atoms with E-state index in [0.29, 0.717) is 41.6 Å². The quantitative estimate of drug-likeness (QED) is 0.493. The molecule has 0 radical (unpaired) electrons. The maximum absolute atomic E-state index is 13.5. The molecule has 0 spiro atoms. The van der Waals surface area contributed by atoms with Crippen molar-refractivity contribution in [3.63, 3.8) is 0 Å². The van der Waals surface area contributed by atoms with Crippen LogP contribution in [0.15, 0.2) is 53.8 Å². The number of piperidine rings is 1. The first-order chi connectivity index (χ1) is 17.7. The number of pyridine rings is 1. The maximum Gasteiger partial charge on any atom is 0.243 e. The van der Waals surface area contributed by atoms with Crippen LogP contribution in [0.5, 0.6) is 17.5 Å². The van der Waals surface area contributed by atoms with Crippen LogP contribution >= 0.6 is 0 Å². The Hall–Kier alpha value is -3.57. The fourth-order valence-corrected chi connectivity index (χ4v) is 6.98. The normalized spacial score (nSPS) is 21.4. The Labute approximate surface area is 216 Å². The van der Waals surface area contributed by atoms with E-state index < -0.39 is 10.0 Å². The highest BCUT2D eigenvalue weighted by Gasteiger charge is 2.48. The van der Waals surface area contributed by atoms with E-state index in [-0.39, 0.29) is 29.0 Å². The first-order valence-electron chi connectivity index (χ1n) is 12.2. The van der Waals surface area contributed by atoms with E-state index in [1.165, 1.54) is 13.3 Å². The summed E-state index contributed by atoms with van der Waals surface area (Å²) in [4.78, 5) is 24.3. The number of hydrogen-bond donors (Lipinski definition) is 1. The van der Waals surface area contributed by atoms with Crippen LogP contribution in [0.25, 0.3) is 0 Å². The number of ether oxygens (including phenoxy) is 2. The standard InChI is InChI=1S/C26H29N5O5S/c1-16-25(28-15-29-26(16)36-24-5-4-12-27-17(24)2)35-22-13-20-8-9-21(14-22)31(20)37(33,34)23-10-6-19(7-11-23)30-18(3)32/h4-7,10-12,15,20-22H,8-9,13-14H2,1-3H3,(H,30,32)/t20-,21-/m0/s1. The lowest BCUT2D eigenvalue weighted by Gasteiger charge is -2.37. The zero-order valence-corrected chi connectivity index (χ0v) is 21.7. The molecule has 2 bridgehead atoms. The molecule has 1 aromatic carbocycles. The van der Waals surface area contributed by atoms with Crippen LogP contribution in [0.2, 0.25) is 0 Å². The molecule has 0 saturated carbocycles. The molecule has 1 N–H and O–H groups in total. The fraction of sp³-hybridized carbons (Fsp3) is 0.385. The molecule has 0 unspecified atom stereocenters. The lowest BCUT2D eigenvalue weighted by molar-refractivity contribution is -0.114. The molecule has 194 valence electrons. The van der Waals surface area contributed by atoms with Gasteiger partial charge in [0.05, 0.1) is 16.2 Å². The summed E-state index contributed by atoms with van der Waals surface area (Å²) < 4.78 is 40.9. The molecule has 2 aromatic heterocycles. The summed E-state index contributed by atoms with van der Waals surface area (Å²) in [5.74, 6) is 1.23. The van der Waals surface area contributed by atoms with Gasteiger partial charge in [-0.3, -0.25) is 9.78 Å². The van der Waals surface area contributed by atoms with E-state index >= 15 is 0 Å². The third-order valence-electron chi connectivity index (χ3n) is 6.81. The van der Waals surface area contributed by atoms with Crippen LogP contribution in [0.1, 0.15) is 43.9 Å². The topological polar surface area (TPSA) is 124 Å². The number of carbonyl (C=O) groups is 1. The fourth-order valence-electron chi connectivity index (χ4n) is 5.09. The molecule has 11 heteroatoms. The van der Waals surface area contributed by atoms with Gasteiger partial charge in [-0.05, 0) is 63.1 Å². The van der Waals surface area contributed by atoms with Crippen LogP contribution in [-0.4, -0.2) is 51.8 Å². The summed E-state index contributed by atoms with van der Waals surface area (Å²) in [6, 6.07) is 9.61. The van der Waals surface area contributed by atoms with Gasteiger partial charge in [-0.1, -0.05) is 0 Å². The number of benzene rings is 1. The van der Waals surface area contributed by atoms with Gasteiger partial charge in [-0.15, -0.1) is 0 Å². The molecule has 5 rings (SSSR count). The highest BCUT2D eigenvalue weighted by atomic mass is 32.2. The van der Waals surface area contributed by atoms with Gasteiger partial charge in [0.25, 0.3) is 0 Å². The molecule has 0 aliphatic carbocycles. The van der Waals surface area contributed by atoms with E-state index in [4.69, 9.17) is 9.47 Å². The van der Waals surface area contributed by atoms with E-state index in [1.807, 2.05) is 19.9 Å². The number of fused-ring (bicyclic) bond motifs is 2. The van der Waals surface area contributed by atoms with E-state index in [1.54, 1.807) is 40.8 Å². The number of hydrogen-bond acceptors (Lipinski definition) is 8. The molecule has 2 fully saturated rings. The van der Waals surface area contributed by atoms with Gasteiger partial charge >= 0.3 is 0 Å². The molecular formula is C26H29N5O5S. The van der Waals surface area contributed by atoms with Gasteiger partial charge < -0.3 is 14.8 Å². The van der Waals surface area contributed by atoms with Crippen molar-refractivity contribution in [1.82, 2.24) is 19.3 Å². The van der Waals surface area contributed by atoms with Gasteiger partial charge in [0.2, 0.25) is 27.7 Å². The predicted molar refractivity (Wildman–Crippen MR) is 136 cm³/mol. The first kappa shape index (κ1) is 25.1. The molecule has 2 atom stereocenters. The van der Waals surface area contributed by atoms with Crippen LogP contribution < -0.4 is 14.8 Å². The van der Waals surface area contributed by atoms with Crippen LogP contribution in [0.3, 0.4) is 0 Å². The summed E-state index contributed by atoms with van der Waals surface area (Å²) in [5.41, 5.74) is 1.98. The van der Waals surface area contributed by atoms with Gasteiger partial charge in [0, 0.05) is 43.7 Å². The number of anilines is 1. The lowest BCUT2D eigenvalue weighted by Crippen LogP contribution is -2.49. The SMILES string of the molecule is CC(=O)Nc1ccc(S(=O)(=O)N2[C@H]3CC[C@H]2CC(Oc2ncnc(Oc4cccnc4C)c2C)C3)cc1. The number of nitrogens with one attached hydrogen (secondary N) is 1. The third kappa shape index (κ3) is 5.14. The van der Waals surface area contributed by atoms with Crippen molar-refractivity contribution in [2.45, 2.75) is 69.5 Å². The molecule has 37 heavy (non-hydrogen) atoms. The molecule has 2 saturated heterocycles. The zero-order chi connectivity index (χ0) is 26.2. The van der Waals surface area contributed by atoms with Crippen LogP contribution in [-0.2, 0) is 14.8 Å². The summed E-state index contributed by atoms with van der Waals surface area (Å²) in [6.07, 6.45) is 5.64. The first-order valence-corrected chi connectivity index (χ1v) is 13.7. The maximum atomic E-state index is 13.5. The number of amides is 1. The van der Waals surface area contributed by atoms with Crippen molar-refractivity contribution in [2.24, 2.45) is 0 Å². The summed E-state index contributed by atoms with van der Waals surface area (Å²) >= 11 is 0. The average Bonchev–Trinajstić information content (AvgIpc) is 3.15. The Bertz CT molecular complexity index is 1400. The van der Waals surface area contributed by atoms with Crippen molar-refractivity contribution in [2.75, 3.05) is 5.32 Å². The third-order valence-corrected chi connectivity index (χ3v) is 8.83. The molecular weight excluding hydrogens is 494 g/mol. The summed E-state index contributed by atoms with van der Waals surface area (Å²) in [6.45, 7) is 5.11. The Balaban J connectivity index is 1.29. The van der Waals surface area contributed by atoms with Gasteiger partial charge in [-0.2, -0.15) is 4.31 Å². The number of sulfonamides is 1. The number of aryl methyl sites for hydroxylation is 1. The number of rotatable bonds is 7. The Kier molecular flexibility index (Phi) is 6.82. The highest BCUT2D eigenvalue weighted by Crippen LogP contribution is 2.41. The van der Waals surface area contributed by atoms with Crippen molar-refractivity contribution >= 4 is 21.6 Å². The van der Waals surface area contributed by atoms with E-state index in [0.717, 1.165) is 18.5 Å². The van der Waals surface area contributed by atoms with E-state index in [9.17, 15) is 13.2 Å². The smallest absolute Gasteiger partial charge is 0.243 e. The summed E-state index contributed by atoms with van der Waals surface area (Å²) in [5, 5.41) is 2.66. The Morgan fingerprint density at radius 3 is 2.32 bits per heavy atom. The predicted octanol–water partition coefficient (Wildman–Crippen LogP) is 4.00.